The Hall–Kier alpha value is -2.15. The molecule has 0 heterocycles. The highest BCUT2D eigenvalue weighted by Gasteiger charge is 2.23. The van der Waals surface area contributed by atoms with Gasteiger partial charge in [0.25, 0.3) is 0 Å². The van der Waals surface area contributed by atoms with Crippen LogP contribution in [-0.2, 0) is 9.53 Å². The summed E-state index contributed by atoms with van der Waals surface area (Å²) in [5, 5.41) is 14.0. The number of rotatable bonds is 7. The number of carbonyl (C=O) groups excluding carboxylic acids is 1. The highest BCUT2D eigenvalue weighted by atomic mass is 16.6. The molecule has 116 valence electrons. The number of nitro groups is 1. The summed E-state index contributed by atoms with van der Waals surface area (Å²) in [4.78, 5) is 22.1. The van der Waals surface area contributed by atoms with Gasteiger partial charge in [-0.2, -0.15) is 0 Å². The van der Waals surface area contributed by atoms with E-state index in [1.807, 2.05) is 13.8 Å². The summed E-state index contributed by atoms with van der Waals surface area (Å²) in [6.07, 6.45) is 0. The van der Waals surface area contributed by atoms with Gasteiger partial charge in [0.05, 0.1) is 12.0 Å². The lowest BCUT2D eigenvalue weighted by molar-refractivity contribution is -0.385. The van der Waals surface area contributed by atoms with Gasteiger partial charge in [-0.15, -0.1) is 0 Å². The molecule has 0 bridgehead atoms. The van der Waals surface area contributed by atoms with Gasteiger partial charge in [0, 0.05) is 12.1 Å². The van der Waals surface area contributed by atoms with E-state index in [9.17, 15) is 14.9 Å². The Morgan fingerprint density at radius 2 is 2.10 bits per heavy atom. The lowest BCUT2D eigenvalue weighted by Crippen LogP contribution is -2.45. The Labute approximate surface area is 123 Å². The predicted molar refractivity (Wildman–Crippen MR) is 77.4 cm³/mol. The van der Waals surface area contributed by atoms with E-state index in [2.05, 4.69) is 10.1 Å². The zero-order valence-corrected chi connectivity index (χ0v) is 12.6. The maximum Gasteiger partial charge on any atom is 0.326 e. The van der Waals surface area contributed by atoms with Crippen molar-refractivity contribution < 1.29 is 19.2 Å². The quantitative estimate of drug-likeness (QED) is 0.469. The maximum absolute atomic E-state index is 11.6. The molecule has 1 rings (SSSR count). The van der Waals surface area contributed by atoms with Gasteiger partial charge in [-0.3, -0.25) is 20.2 Å². The van der Waals surface area contributed by atoms with E-state index < -0.39 is 16.9 Å². The number of nitro benzene ring substituents is 1. The van der Waals surface area contributed by atoms with Crippen molar-refractivity contribution in [2.45, 2.75) is 32.9 Å². The van der Waals surface area contributed by atoms with Gasteiger partial charge < -0.3 is 9.47 Å². The average Bonchev–Trinajstić information content (AvgIpc) is 2.42. The van der Waals surface area contributed by atoms with E-state index in [1.165, 1.54) is 19.2 Å². The van der Waals surface area contributed by atoms with Gasteiger partial charge in [0.1, 0.15) is 12.6 Å². The highest BCUT2D eigenvalue weighted by Crippen LogP contribution is 2.27. The molecule has 0 radical (unpaired) electrons. The van der Waals surface area contributed by atoms with Gasteiger partial charge in [-0.25, -0.2) is 0 Å². The van der Waals surface area contributed by atoms with Crippen LogP contribution in [0.4, 0.5) is 5.69 Å². The summed E-state index contributed by atoms with van der Waals surface area (Å²) in [5.74, 6) is -0.344. The molecule has 7 nitrogen and oxygen atoms in total. The first-order chi connectivity index (χ1) is 9.85. The number of nitrogens with zero attached hydrogens (tertiary/aromatic N) is 1. The van der Waals surface area contributed by atoms with Crippen LogP contribution in [0.15, 0.2) is 18.2 Å². The molecular weight excluding hydrogens is 276 g/mol. The van der Waals surface area contributed by atoms with Crippen LogP contribution in [-0.4, -0.2) is 36.7 Å². The molecule has 1 aromatic carbocycles. The highest BCUT2D eigenvalue weighted by molar-refractivity contribution is 5.75. The molecule has 0 aliphatic carbocycles. The molecule has 0 spiro atoms. The van der Waals surface area contributed by atoms with Gasteiger partial charge in [0.15, 0.2) is 5.75 Å². The molecule has 0 aromatic heterocycles. The second kappa shape index (κ2) is 7.58. The Morgan fingerprint density at radius 3 is 2.62 bits per heavy atom. The number of nitrogens with one attached hydrogen (secondary N) is 1. The van der Waals surface area contributed by atoms with Crippen molar-refractivity contribution in [3.8, 4) is 5.75 Å². The normalized spacial score (nSPS) is 12.0. The Bertz CT molecular complexity index is 516. The molecular formula is C14H20N2O5. The summed E-state index contributed by atoms with van der Waals surface area (Å²) in [5.41, 5.74) is 0.641. The largest absolute Gasteiger partial charge is 0.485 e. The number of hydrogen-bond donors (Lipinski definition) is 1. The summed E-state index contributed by atoms with van der Waals surface area (Å²) >= 11 is 0. The van der Waals surface area contributed by atoms with E-state index in [-0.39, 0.29) is 24.1 Å². The number of benzene rings is 1. The minimum atomic E-state index is -0.684. The van der Waals surface area contributed by atoms with Crippen molar-refractivity contribution in [1.29, 1.82) is 0 Å². The fraction of sp³-hybridized carbons (Fsp3) is 0.500. The van der Waals surface area contributed by atoms with Crippen LogP contribution >= 0.6 is 0 Å². The van der Waals surface area contributed by atoms with Crippen molar-refractivity contribution in [3.63, 3.8) is 0 Å². The third-order valence-corrected chi connectivity index (χ3v) is 2.74. The van der Waals surface area contributed by atoms with Crippen LogP contribution in [0, 0.1) is 17.0 Å². The third kappa shape index (κ3) is 5.03. The van der Waals surface area contributed by atoms with E-state index in [0.29, 0.717) is 0 Å². The lowest BCUT2D eigenvalue weighted by atomic mass is 10.2. The first-order valence-corrected chi connectivity index (χ1v) is 6.57. The fourth-order valence-corrected chi connectivity index (χ4v) is 1.79. The summed E-state index contributed by atoms with van der Waals surface area (Å²) in [7, 11) is 1.28. The SMILES string of the molecule is COC(=O)C(COc1ccc(C)cc1[N+](=O)[O-])NC(C)C. The molecule has 1 N–H and O–H groups in total. The van der Waals surface area contributed by atoms with Crippen molar-refractivity contribution in [1.82, 2.24) is 5.32 Å². The zero-order chi connectivity index (χ0) is 16.0. The van der Waals surface area contributed by atoms with Gasteiger partial charge in [0.2, 0.25) is 0 Å². The molecule has 0 aliphatic heterocycles. The molecule has 0 fully saturated rings. The minimum Gasteiger partial charge on any atom is -0.485 e. The average molecular weight is 296 g/mol. The second-order valence-corrected chi connectivity index (χ2v) is 4.94. The third-order valence-electron chi connectivity index (χ3n) is 2.74. The number of ether oxygens (including phenoxy) is 2. The van der Waals surface area contributed by atoms with Gasteiger partial charge in [-0.1, -0.05) is 19.9 Å². The lowest BCUT2D eigenvalue weighted by Gasteiger charge is -2.19. The molecule has 7 heteroatoms. The molecule has 21 heavy (non-hydrogen) atoms. The topological polar surface area (TPSA) is 90.7 Å². The van der Waals surface area contributed by atoms with Crippen molar-refractivity contribution in [2.75, 3.05) is 13.7 Å². The molecule has 0 saturated carbocycles. The molecule has 1 unspecified atom stereocenters. The Balaban J connectivity index is 2.84. The number of esters is 1. The summed E-state index contributed by atoms with van der Waals surface area (Å²) < 4.78 is 10.1. The summed E-state index contributed by atoms with van der Waals surface area (Å²) in [6.45, 7) is 5.47. The Morgan fingerprint density at radius 1 is 1.43 bits per heavy atom. The Kier molecular flexibility index (Phi) is 6.10. The van der Waals surface area contributed by atoms with Crippen LogP contribution in [0.2, 0.25) is 0 Å². The molecule has 0 saturated heterocycles. The predicted octanol–water partition coefficient (Wildman–Crippen LogP) is 1.82. The smallest absolute Gasteiger partial charge is 0.326 e. The molecule has 0 aliphatic rings. The van der Waals surface area contributed by atoms with E-state index in [1.54, 1.807) is 13.0 Å². The maximum atomic E-state index is 11.6. The van der Waals surface area contributed by atoms with Crippen LogP contribution < -0.4 is 10.1 Å². The molecule has 1 atom stereocenters. The van der Waals surface area contributed by atoms with Crippen LogP contribution in [0.3, 0.4) is 0 Å². The number of carbonyl (C=O) groups is 1. The van der Waals surface area contributed by atoms with Crippen molar-refractivity contribution >= 4 is 11.7 Å². The van der Waals surface area contributed by atoms with E-state index in [4.69, 9.17) is 4.74 Å². The van der Waals surface area contributed by atoms with Crippen molar-refractivity contribution in [2.24, 2.45) is 0 Å². The first-order valence-electron chi connectivity index (χ1n) is 6.57. The van der Waals surface area contributed by atoms with E-state index >= 15 is 0 Å². The molecule has 0 amide bonds. The number of aryl methyl sites for hydroxylation is 1. The standard InChI is InChI=1S/C14H20N2O5/c1-9(2)15-11(14(17)20-4)8-21-13-6-5-10(3)7-12(13)16(18)19/h5-7,9,11,15H,8H2,1-4H3. The number of methoxy groups -OCH3 is 1. The van der Waals surface area contributed by atoms with Crippen LogP contribution in [0.5, 0.6) is 5.75 Å². The van der Waals surface area contributed by atoms with Crippen LogP contribution in [0.1, 0.15) is 19.4 Å². The van der Waals surface area contributed by atoms with Crippen LogP contribution in [0.25, 0.3) is 0 Å². The first kappa shape index (κ1) is 16.9. The molecule has 1 aromatic rings. The summed E-state index contributed by atoms with van der Waals surface area (Å²) in [6, 6.07) is 4.03. The van der Waals surface area contributed by atoms with E-state index in [0.717, 1.165) is 5.56 Å². The van der Waals surface area contributed by atoms with Gasteiger partial charge in [-0.05, 0) is 18.6 Å². The fourth-order valence-electron chi connectivity index (χ4n) is 1.79. The minimum absolute atomic E-state index is 0.0469. The second-order valence-electron chi connectivity index (χ2n) is 4.94. The zero-order valence-electron chi connectivity index (χ0n) is 12.6. The van der Waals surface area contributed by atoms with Gasteiger partial charge >= 0.3 is 11.7 Å². The van der Waals surface area contributed by atoms with Crippen molar-refractivity contribution in [3.05, 3.63) is 33.9 Å². The number of hydrogen-bond acceptors (Lipinski definition) is 6. The monoisotopic (exact) mass is 296 g/mol.